The molecular formula is C19H33ClIN5O. The van der Waals surface area contributed by atoms with Gasteiger partial charge in [-0.3, -0.25) is 4.99 Å². The second kappa shape index (κ2) is 11.3. The number of piperazine rings is 1. The number of benzene rings is 1. The summed E-state index contributed by atoms with van der Waals surface area (Å²) < 4.78 is 5.44. The van der Waals surface area contributed by atoms with Crippen molar-refractivity contribution in [1.29, 1.82) is 0 Å². The summed E-state index contributed by atoms with van der Waals surface area (Å²) in [7, 11) is 5.64. The van der Waals surface area contributed by atoms with Crippen LogP contribution in [0.1, 0.15) is 19.4 Å². The highest BCUT2D eigenvalue weighted by molar-refractivity contribution is 14.0. The summed E-state index contributed by atoms with van der Waals surface area (Å²) in [6, 6.07) is 6.12. The fourth-order valence-corrected chi connectivity index (χ4v) is 3.06. The van der Waals surface area contributed by atoms with Gasteiger partial charge in [0.15, 0.2) is 5.96 Å². The van der Waals surface area contributed by atoms with Crippen molar-refractivity contribution in [2.24, 2.45) is 4.99 Å². The summed E-state index contributed by atoms with van der Waals surface area (Å²) in [4.78, 5) is 9.06. The zero-order valence-electron chi connectivity index (χ0n) is 17.0. The van der Waals surface area contributed by atoms with E-state index in [1.54, 1.807) is 14.2 Å². The summed E-state index contributed by atoms with van der Waals surface area (Å²) in [6.45, 7) is 9.51. The Kier molecular flexibility index (Phi) is 10.1. The highest BCUT2D eigenvalue weighted by atomic mass is 127. The molecule has 1 heterocycles. The van der Waals surface area contributed by atoms with E-state index in [1.165, 1.54) is 5.69 Å². The van der Waals surface area contributed by atoms with E-state index < -0.39 is 0 Å². The number of halogens is 2. The first-order valence-electron chi connectivity index (χ1n) is 9.07. The Bertz CT molecular complexity index is 618. The fourth-order valence-electron chi connectivity index (χ4n) is 2.83. The number of hydrogen-bond acceptors (Lipinski definition) is 4. The molecule has 1 saturated heterocycles. The average molecular weight is 510 g/mol. The standard InChI is InChI=1S/C19H32ClN5O.HI/c1-19(2,26-5)14-23-18(21-3)22-13-15-16(20)7-6-8-17(15)25-11-9-24(4)10-12-25;/h6-8H,9-14H2,1-5H3,(H2,21,22,23);1H. The molecule has 154 valence electrons. The van der Waals surface area contributed by atoms with Gasteiger partial charge >= 0.3 is 0 Å². The van der Waals surface area contributed by atoms with Gasteiger partial charge in [-0.1, -0.05) is 17.7 Å². The Morgan fingerprint density at radius 3 is 2.48 bits per heavy atom. The Balaban J connectivity index is 0.00000364. The molecule has 6 nitrogen and oxygen atoms in total. The second-order valence-electron chi connectivity index (χ2n) is 7.27. The predicted octanol–water partition coefficient (Wildman–Crippen LogP) is 2.80. The van der Waals surface area contributed by atoms with Crippen molar-refractivity contribution in [2.75, 3.05) is 58.8 Å². The summed E-state index contributed by atoms with van der Waals surface area (Å²) in [5, 5.41) is 7.46. The number of hydrogen-bond donors (Lipinski definition) is 2. The molecule has 1 fully saturated rings. The molecule has 0 saturated carbocycles. The molecule has 0 amide bonds. The predicted molar refractivity (Wildman–Crippen MR) is 126 cm³/mol. The Morgan fingerprint density at radius 1 is 1.22 bits per heavy atom. The number of aliphatic imine (C=N–C) groups is 1. The van der Waals surface area contributed by atoms with Crippen molar-refractivity contribution in [2.45, 2.75) is 26.0 Å². The topological polar surface area (TPSA) is 52.1 Å². The van der Waals surface area contributed by atoms with Crippen LogP contribution in [0.15, 0.2) is 23.2 Å². The van der Waals surface area contributed by atoms with E-state index in [-0.39, 0.29) is 29.6 Å². The molecule has 1 aliphatic heterocycles. The maximum Gasteiger partial charge on any atom is 0.191 e. The third kappa shape index (κ3) is 7.29. The van der Waals surface area contributed by atoms with Crippen LogP contribution < -0.4 is 15.5 Å². The van der Waals surface area contributed by atoms with Crippen LogP contribution in [0.3, 0.4) is 0 Å². The number of guanidine groups is 1. The molecule has 0 aromatic heterocycles. The lowest BCUT2D eigenvalue weighted by Gasteiger charge is -2.35. The van der Waals surface area contributed by atoms with Crippen LogP contribution in [0.2, 0.25) is 5.02 Å². The van der Waals surface area contributed by atoms with Gasteiger partial charge in [-0.2, -0.15) is 0 Å². The number of rotatable bonds is 6. The molecule has 2 rings (SSSR count). The van der Waals surface area contributed by atoms with Crippen molar-refractivity contribution in [1.82, 2.24) is 15.5 Å². The molecule has 8 heteroatoms. The van der Waals surface area contributed by atoms with Gasteiger partial charge in [0.25, 0.3) is 0 Å². The van der Waals surface area contributed by atoms with Crippen LogP contribution in [0, 0.1) is 0 Å². The highest BCUT2D eigenvalue weighted by Gasteiger charge is 2.19. The molecular weight excluding hydrogens is 477 g/mol. The number of likely N-dealkylation sites (N-methyl/N-ethyl adjacent to an activating group) is 1. The van der Waals surface area contributed by atoms with Gasteiger partial charge in [0, 0.05) is 69.7 Å². The maximum absolute atomic E-state index is 6.52. The SMILES string of the molecule is CN=C(NCc1c(Cl)cccc1N1CCN(C)CC1)NCC(C)(C)OC.I. The molecule has 27 heavy (non-hydrogen) atoms. The van der Waals surface area contributed by atoms with Crippen LogP contribution in [0.4, 0.5) is 5.69 Å². The molecule has 0 aliphatic carbocycles. The third-order valence-electron chi connectivity index (χ3n) is 4.83. The maximum atomic E-state index is 6.52. The summed E-state index contributed by atoms with van der Waals surface area (Å²) in [5.74, 6) is 0.736. The van der Waals surface area contributed by atoms with E-state index in [0.717, 1.165) is 42.7 Å². The van der Waals surface area contributed by atoms with E-state index in [0.29, 0.717) is 13.1 Å². The van der Waals surface area contributed by atoms with Gasteiger partial charge in [-0.15, -0.1) is 24.0 Å². The summed E-state index contributed by atoms with van der Waals surface area (Å²) in [6.07, 6.45) is 0. The molecule has 0 bridgehead atoms. The van der Waals surface area contributed by atoms with Crippen LogP contribution in [0.25, 0.3) is 0 Å². The van der Waals surface area contributed by atoms with Crippen LogP contribution in [-0.2, 0) is 11.3 Å². The minimum absolute atomic E-state index is 0. The fraction of sp³-hybridized carbons (Fsp3) is 0.632. The van der Waals surface area contributed by atoms with Crippen molar-refractivity contribution >= 4 is 47.2 Å². The van der Waals surface area contributed by atoms with E-state index >= 15 is 0 Å². The Hall–Kier alpha value is -0.770. The zero-order valence-corrected chi connectivity index (χ0v) is 20.1. The second-order valence-corrected chi connectivity index (χ2v) is 7.68. The molecule has 1 aliphatic rings. The number of nitrogens with zero attached hydrogens (tertiary/aromatic N) is 3. The van der Waals surface area contributed by atoms with E-state index in [4.69, 9.17) is 16.3 Å². The Morgan fingerprint density at radius 2 is 1.89 bits per heavy atom. The molecule has 1 aromatic carbocycles. The molecule has 0 spiro atoms. The monoisotopic (exact) mass is 509 g/mol. The first-order chi connectivity index (χ1) is 12.4. The molecule has 0 radical (unpaired) electrons. The first kappa shape index (κ1) is 24.3. The molecule has 1 aromatic rings. The van der Waals surface area contributed by atoms with E-state index in [9.17, 15) is 0 Å². The van der Waals surface area contributed by atoms with Crippen LogP contribution in [0.5, 0.6) is 0 Å². The van der Waals surface area contributed by atoms with Gasteiger partial charge < -0.3 is 25.2 Å². The first-order valence-corrected chi connectivity index (χ1v) is 9.44. The quantitative estimate of drug-likeness (QED) is 0.351. The Labute approximate surface area is 185 Å². The van der Waals surface area contributed by atoms with Gasteiger partial charge in [0.1, 0.15) is 0 Å². The lowest BCUT2D eigenvalue weighted by molar-refractivity contribution is 0.0268. The van der Waals surface area contributed by atoms with Gasteiger partial charge in [0.2, 0.25) is 0 Å². The lowest BCUT2D eigenvalue weighted by Crippen LogP contribution is -2.46. The van der Waals surface area contributed by atoms with Crippen molar-refractivity contribution in [3.05, 3.63) is 28.8 Å². The van der Waals surface area contributed by atoms with Crippen molar-refractivity contribution in [3.63, 3.8) is 0 Å². The van der Waals surface area contributed by atoms with Crippen LogP contribution in [-0.4, -0.2) is 70.4 Å². The lowest BCUT2D eigenvalue weighted by atomic mass is 10.1. The normalized spacial score (nSPS) is 16.1. The largest absolute Gasteiger partial charge is 0.377 e. The van der Waals surface area contributed by atoms with Gasteiger partial charge in [0.05, 0.1) is 5.60 Å². The smallest absolute Gasteiger partial charge is 0.191 e. The zero-order chi connectivity index (χ0) is 19.2. The van der Waals surface area contributed by atoms with Gasteiger partial charge in [-0.05, 0) is 33.0 Å². The van der Waals surface area contributed by atoms with Crippen molar-refractivity contribution in [3.8, 4) is 0 Å². The minimum Gasteiger partial charge on any atom is -0.377 e. The molecule has 0 atom stereocenters. The highest BCUT2D eigenvalue weighted by Crippen LogP contribution is 2.28. The molecule has 0 unspecified atom stereocenters. The summed E-state index contributed by atoms with van der Waals surface area (Å²) in [5.41, 5.74) is 2.05. The molecule has 2 N–H and O–H groups in total. The number of methoxy groups -OCH3 is 1. The van der Waals surface area contributed by atoms with E-state index in [2.05, 4.69) is 38.5 Å². The summed E-state index contributed by atoms with van der Waals surface area (Å²) >= 11 is 6.52. The van der Waals surface area contributed by atoms with Gasteiger partial charge in [-0.25, -0.2) is 0 Å². The van der Waals surface area contributed by atoms with E-state index in [1.807, 2.05) is 26.0 Å². The van der Waals surface area contributed by atoms with Crippen LogP contribution >= 0.6 is 35.6 Å². The third-order valence-corrected chi connectivity index (χ3v) is 5.18. The number of nitrogens with one attached hydrogen (secondary N) is 2. The number of ether oxygens (including phenoxy) is 1. The average Bonchev–Trinajstić information content (AvgIpc) is 2.63. The van der Waals surface area contributed by atoms with Crippen molar-refractivity contribution < 1.29 is 4.74 Å². The minimum atomic E-state index is -0.257. The number of anilines is 1.